The molecule has 1 aliphatic rings. The molecule has 0 radical (unpaired) electrons. The largest absolute Gasteiger partial charge is 0.383 e. The highest BCUT2D eigenvalue weighted by Crippen LogP contribution is 2.22. The molecule has 0 saturated heterocycles. The molecule has 4 N–H and O–H groups in total. The molecule has 0 atom stereocenters. The van der Waals surface area contributed by atoms with Crippen LogP contribution in [0.4, 0.5) is 17.5 Å². The first kappa shape index (κ1) is 12.2. The highest BCUT2D eigenvalue weighted by Gasteiger charge is 2.15. The fourth-order valence-corrected chi connectivity index (χ4v) is 2.23. The average Bonchev–Trinajstić information content (AvgIpc) is 2.42. The van der Waals surface area contributed by atoms with E-state index in [1.807, 2.05) is 24.3 Å². The van der Waals surface area contributed by atoms with E-state index in [2.05, 4.69) is 20.6 Å². The molecule has 2 heterocycles. The van der Waals surface area contributed by atoms with Gasteiger partial charge in [-0.25, -0.2) is 4.98 Å². The Morgan fingerprint density at radius 3 is 2.79 bits per heavy atom. The number of hydrogen-bond donors (Lipinski definition) is 3. The van der Waals surface area contributed by atoms with Gasteiger partial charge >= 0.3 is 0 Å². The van der Waals surface area contributed by atoms with Gasteiger partial charge in [0.15, 0.2) is 0 Å². The van der Waals surface area contributed by atoms with Gasteiger partial charge in [0.25, 0.3) is 0 Å². The number of halogens is 1. The van der Waals surface area contributed by atoms with Crippen LogP contribution in [0.3, 0.4) is 0 Å². The maximum atomic E-state index is 5.98. The van der Waals surface area contributed by atoms with E-state index in [4.69, 9.17) is 17.3 Å². The number of anilines is 3. The number of fused-ring (bicyclic) bond motifs is 1. The molecule has 6 heteroatoms. The summed E-state index contributed by atoms with van der Waals surface area (Å²) in [5.74, 6) is 1.07. The highest BCUT2D eigenvalue weighted by molar-refractivity contribution is 6.30. The van der Waals surface area contributed by atoms with Crippen molar-refractivity contribution in [2.45, 2.75) is 13.0 Å². The Labute approximate surface area is 116 Å². The van der Waals surface area contributed by atoms with Crippen LogP contribution >= 0.6 is 11.6 Å². The van der Waals surface area contributed by atoms with Gasteiger partial charge in [-0.2, -0.15) is 4.98 Å². The van der Waals surface area contributed by atoms with Crippen LogP contribution in [0, 0.1) is 0 Å². The lowest BCUT2D eigenvalue weighted by atomic mass is 10.1. The zero-order valence-electron chi connectivity index (χ0n) is 10.3. The summed E-state index contributed by atoms with van der Waals surface area (Å²) in [7, 11) is 0. The second-order valence-corrected chi connectivity index (χ2v) is 4.85. The number of hydrogen-bond acceptors (Lipinski definition) is 5. The smallest absolute Gasteiger partial charge is 0.229 e. The molecule has 2 aromatic rings. The van der Waals surface area contributed by atoms with Gasteiger partial charge in [-0.05, 0) is 37.2 Å². The molecule has 98 valence electrons. The minimum absolute atomic E-state index is 0.516. The molecule has 0 aliphatic carbocycles. The first-order valence-electron chi connectivity index (χ1n) is 6.11. The third-order valence-electron chi connectivity index (χ3n) is 3.07. The molecule has 19 heavy (non-hydrogen) atoms. The predicted molar refractivity (Wildman–Crippen MR) is 76.6 cm³/mol. The predicted octanol–water partition coefficient (Wildman–Crippen LogP) is 2.10. The van der Waals surface area contributed by atoms with E-state index in [9.17, 15) is 0 Å². The van der Waals surface area contributed by atoms with Crippen LogP contribution in [0.25, 0.3) is 0 Å². The standard InChI is InChI=1S/C13H14ClN5/c14-8-1-3-9(4-2-8)17-13-18-11-7-16-6-5-10(11)12(15)19-13/h1-4,16H,5-7H2,(H3,15,17,18,19). The van der Waals surface area contributed by atoms with Crippen molar-refractivity contribution in [3.8, 4) is 0 Å². The normalized spacial score (nSPS) is 13.9. The second kappa shape index (κ2) is 5.03. The van der Waals surface area contributed by atoms with E-state index in [1.165, 1.54) is 0 Å². The number of benzene rings is 1. The van der Waals surface area contributed by atoms with Crippen molar-refractivity contribution in [3.05, 3.63) is 40.5 Å². The molecule has 0 saturated carbocycles. The lowest BCUT2D eigenvalue weighted by Gasteiger charge is -2.18. The molecule has 1 aliphatic heterocycles. The van der Waals surface area contributed by atoms with Crippen LogP contribution in [-0.4, -0.2) is 16.5 Å². The Morgan fingerprint density at radius 1 is 1.21 bits per heavy atom. The Morgan fingerprint density at radius 2 is 2.00 bits per heavy atom. The summed E-state index contributed by atoms with van der Waals surface area (Å²) < 4.78 is 0. The van der Waals surface area contributed by atoms with Gasteiger partial charge in [0.2, 0.25) is 5.95 Å². The summed E-state index contributed by atoms with van der Waals surface area (Å²) in [6, 6.07) is 7.37. The quantitative estimate of drug-likeness (QED) is 0.783. The van der Waals surface area contributed by atoms with Gasteiger partial charge in [-0.1, -0.05) is 11.6 Å². The van der Waals surface area contributed by atoms with Gasteiger partial charge in [0, 0.05) is 22.8 Å². The van der Waals surface area contributed by atoms with Crippen LogP contribution in [0.1, 0.15) is 11.3 Å². The van der Waals surface area contributed by atoms with Crippen molar-refractivity contribution in [2.75, 3.05) is 17.6 Å². The first-order valence-corrected chi connectivity index (χ1v) is 6.49. The van der Waals surface area contributed by atoms with Crippen LogP contribution in [0.2, 0.25) is 5.02 Å². The number of nitrogens with one attached hydrogen (secondary N) is 2. The second-order valence-electron chi connectivity index (χ2n) is 4.42. The van der Waals surface area contributed by atoms with Gasteiger partial charge < -0.3 is 16.4 Å². The van der Waals surface area contributed by atoms with Crippen LogP contribution in [0.5, 0.6) is 0 Å². The van der Waals surface area contributed by atoms with E-state index < -0.39 is 0 Å². The molecule has 0 unspecified atom stereocenters. The minimum atomic E-state index is 0.516. The van der Waals surface area contributed by atoms with E-state index >= 15 is 0 Å². The monoisotopic (exact) mass is 275 g/mol. The van der Waals surface area contributed by atoms with Crippen molar-refractivity contribution >= 4 is 29.1 Å². The summed E-state index contributed by atoms with van der Waals surface area (Å²) >= 11 is 5.85. The molecular weight excluding hydrogens is 262 g/mol. The summed E-state index contributed by atoms with van der Waals surface area (Å²) in [4.78, 5) is 8.79. The number of aromatic nitrogens is 2. The van der Waals surface area contributed by atoms with E-state index in [1.54, 1.807) is 0 Å². The summed E-state index contributed by atoms with van der Waals surface area (Å²) in [5.41, 5.74) is 8.89. The molecular formula is C13H14ClN5. The number of nitrogen functional groups attached to an aromatic ring is 1. The van der Waals surface area contributed by atoms with Crippen LogP contribution in [0.15, 0.2) is 24.3 Å². The molecule has 0 fully saturated rings. The van der Waals surface area contributed by atoms with Crippen molar-refractivity contribution in [1.82, 2.24) is 15.3 Å². The maximum absolute atomic E-state index is 5.98. The molecule has 5 nitrogen and oxygen atoms in total. The van der Waals surface area contributed by atoms with E-state index in [-0.39, 0.29) is 0 Å². The fourth-order valence-electron chi connectivity index (χ4n) is 2.11. The summed E-state index contributed by atoms with van der Waals surface area (Å²) in [6.07, 6.45) is 0.877. The fraction of sp³-hybridized carbons (Fsp3) is 0.231. The van der Waals surface area contributed by atoms with Gasteiger partial charge in [0.1, 0.15) is 5.82 Å². The zero-order valence-corrected chi connectivity index (χ0v) is 11.0. The van der Waals surface area contributed by atoms with E-state index in [0.717, 1.165) is 36.5 Å². The van der Waals surface area contributed by atoms with Crippen molar-refractivity contribution in [2.24, 2.45) is 0 Å². The van der Waals surface area contributed by atoms with E-state index in [0.29, 0.717) is 16.8 Å². The Hall–Kier alpha value is -1.85. The summed E-state index contributed by atoms with van der Waals surface area (Å²) in [5, 5.41) is 7.10. The highest BCUT2D eigenvalue weighted by atomic mass is 35.5. The lowest BCUT2D eigenvalue weighted by molar-refractivity contribution is 0.626. The van der Waals surface area contributed by atoms with Crippen molar-refractivity contribution in [1.29, 1.82) is 0 Å². The van der Waals surface area contributed by atoms with Crippen molar-refractivity contribution in [3.63, 3.8) is 0 Å². The molecule has 1 aromatic heterocycles. The number of rotatable bonds is 2. The first-order chi connectivity index (χ1) is 9.22. The Kier molecular flexibility index (Phi) is 3.23. The molecule has 1 aromatic carbocycles. The van der Waals surface area contributed by atoms with Crippen molar-refractivity contribution < 1.29 is 0 Å². The zero-order chi connectivity index (χ0) is 13.2. The summed E-state index contributed by atoms with van der Waals surface area (Å²) in [6.45, 7) is 1.65. The Bertz CT molecular complexity index is 597. The van der Waals surface area contributed by atoms with Gasteiger partial charge in [-0.15, -0.1) is 0 Å². The van der Waals surface area contributed by atoms with Crippen LogP contribution in [-0.2, 0) is 13.0 Å². The van der Waals surface area contributed by atoms with Gasteiger partial charge in [-0.3, -0.25) is 0 Å². The molecule has 3 rings (SSSR count). The average molecular weight is 276 g/mol. The SMILES string of the molecule is Nc1nc(Nc2ccc(Cl)cc2)nc2c1CCNC2. The third kappa shape index (κ3) is 2.62. The maximum Gasteiger partial charge on any atom is 0.229 e. The molecule has 0 amide bonds. The van der Waals surface area contributed by atoms with Gasteiger partial charge in [0.05, 0.1) is 5.69 Å². The topological polar surface area (TPSA) is 75.9 Å². The molecule has 0 bridgehead atoms. The molecule has 0 spiro atoms. The lowest BCUT2D eigenvalue weighted by Crippen LogP contribution is -2.26. The number of nitrogens with two attached hydrogens (primary N) is 1. The minimum Gasteiger partial charge on any atom is -0.383 e. The Balaban J connectivity index is 1.89. The third-order valence-corrected chi connectivity index (χ3v) is 3.32. The van der Waals surface area contributed by atoms with Crippen LogP contribution < -0.4 is 16.4 Å². The number of nitrogens with zero attached hydrogens (tertiary/aromatic N) is 2.